The van der Waals surface area contributed by atoms with Crippen molar-refractivity contribution in [2.24, 2.45) is 0 Å². The number of likely N-dealkylation sites (tertiary alicyclic amines) is 1. The van der Waals surface area contributed by atoms with Crippen LogP contribution in [0, 0.1) is 0 Å². The maximum Gasteiger partial charge on any atom is 0.187 e. The molecule has 0 unspecified atom stereocenters. The van der Waals surface area contributed by atoms with E-state index in [0.717, 1.165) is 33.6 Å². The number of nitrogens with zero attached hydrogens (tertiary/aromatic N) is 3. The van der Waals surface area contributed by atoms with E-state index in [1.54, 1.807) is 0 Å². The van der Waals surface area contributed by atoms with Gasteiger partial charge in [-0.05, 0) is 61.4 Å². The molecule has 1 heterocycles. The lowest BCUT2D eigenvalue weighted by molar-refractivity contribution is -0.113. The summed E-state index contributed by atoms with van der Waals surface area (Å²) in [5.41, 5.74) is 6.12. The van der Waals surface area contributed by atoms with E-state index >= 15 is 0 Å². The van der Waals surface area contributed by atoms with Crippen LogP contribution in [0.4, 0.5) is 11.4 Å². The van der Waals surface area contributed by atoms with Crippen LogP contribution in [-0.4, -0.2) is 58.0 Å². The number of ketones is 1. The van der Waals surface area contributed by atoms with E-state index in [-0.39, 0.29) is 5.78 Å². The van der Waals surface area contributed by atoms with Gasteiger partial charge in [0.25, 0.3) is 0 Å². The highest BCUT2D eigenvalue weighted by molar-refractivity contribution is 6.14. The van der Waals surface area contributed by atoms with Crippen molar-refractivity contribution < 1.29 is 4.79 Å². The molecule has 1 saturated heterocycles. The molecule has 1 fully saturated rings. The fraction of sp³-hybridized carbons (Fsp3) is 0.346. The van der Waals surface area contributed by atoms with Gasteiger partial charge in [0.1, 0.15) is 0 Å². The molecular formula is C26H33N3O. The van der Waals surface area contributed by atoms with Crippen molar-refractivity contribution >= 4 is 29.3 Å². The molecule has 2 aromatic rings. The van der Waals surface area contributed by atoms with E-state index in [0.29, 0.717) is 19.1 Å². The summed E-state index contributed by atoms with van der Waals surface area (Å²) in [6, 6.07) is 17.0. The van der Waals surface area contributed by atoms with E-state index in [9.17, 15) is 4.79 Å². The highest BCUT2D eigenvalue weighted by Gasteiger charge is 2.27. The lowest BCUT2D eigenvalue weighted by Gasteiger charge is -2.32. The number of rotatable bonds is 5. The first-order valence-electron chi connectivity index (χ1n) is 10.5. The SMILES string of the molecule is CC(C)N1CC(=Cc2ccc(N(C)C)cc2)C(=O)C(=Cc2ccc(N(C)C)cc2)C1. The predicted molar refractivity (Wildman–Crippen MR) is 129 cm³/mol. The molecule has 30 heavy (non-hydrogen) atoms. The third-order valence-electron chi connectivity index (χ3n) is 5.56. The van der Waals surface area contributed by atoms with Gasteiger partial charge in [-0.15, -0.1) is 0 Å². The Morgan fingerprint density at radius 2 is 1.10 bits per heavy atom. The van der Waals surface area contributed by atoms with Gasteiger partial charge in [-0.2, -0.15) is 0 Å². The third kappa shape index (κ3) is 5.19. The largest absolute Gasteiger partial charge is 0.378 e. The Kier molecular flexibility index (Phi) is 6.78. The molecule has 0 saturated carbocycles. The maximum absolute atomic E-state index is 13.3. The minimum absolute atomic E-state index is 0.153. The zero-order chi connectivity index (χ0) is 21.8. The second-order valence-electron chi connectivity index (χ2n) is 8.64. The smallest absolute Gasteiger partial charge is 0.187 e. The van der Waals surface area contributed by atoms with Crippen LogP contribution >= 0.6 is 0 Å². The normalized spacial score (nSPS) is 17.8. The van der Waals surface area contributed by atoms with Crippen LogP contribution < -0.4 is 9.80 Å². The molecule has 3 rings (SSSR count). The van der Waals surface area contributed by atoms with Crippen molar-refractivity contribution in [3.05, 3.63) is 70.8 Å². The van der Waals surface area contributed by atoms with Gasteiger partial charge in [0.2, 0.25) is 0 Å². The summed E-state index contributed by atoms with van der Waals surface area (Å²) in [6.45, 7) is 5.73. The molecule has 1 aliphatic rings. The summed E-state index contributed by atoms with van der Waals surface area (Å²) < 4.78 is 0. The average molecular weight is 404 g/mol. The number of carbonyl (C=O) groups is 1. The Hall–Kier alpha value is -2.85. The quantitative estimate of drug-likeness (QED) is 0.683. The van der Waals surface area contributed by atoms with Crippen LogP contribution in [0.15, 0.2) is 59.7 Å². The van der Waals surface area contributed by atoms with Gasteiger partial charge in [-0.1, -0.05) is 24.3 Å². The Morgan fingerprint density at radius 3 is 1.40 bits per heavy atom. The van der Waals surface area contributed by atoms with Crippen LogP contribution in [0.2, 0.25) is 0 Å². The molecule has 0 amide bonds. The van der Waals surface area contributed by atoms with Crippen LogP contribution in [0.25, 0.3) is 12.2 Å². The number of benzene rings is 2. The van der Waals surface area contributed by atoms with Crippen molar-refractivity contribution in [3.8, 4) is 0 Å². The van der Waals surface area contributed by atoms with E-state index < -0.39 is 0 Å². The number of Topliss-reactive ketones (excluding diaryl/α,β-unsaturated/α-hetero) is 1. The summed E-state index contributed by atoms with van der Waals surface area (Å²) >= 11 is 0. The molecule has 0 aliphatic carbocycles. The minimum atomic E-state index is 0.153. The Labute approximate surface area is 181 Å². The molecule has 2 aromatic carbocycles. The Morgan fingerprint density at radius 1 is 0.733 bits per heavy atom. The van der Waals surface area contributed by atoms with E-state index in [1.165, 1.54) is 0 Å². The Bertz CT molecular complexity index is 862. The predicted octanol–water partition coefficient (Wildman–Crippen LogP) is 4.58. The molecule has 0 radical (unpaired) electrons. The zero-order valence-electron chi connectivity index (χ0n) is 19.0. The van der Waals surface area contributed by atoms with Gasteiger partial charge in [0.05, 0.1) is 0 Å². The highest BCUT2D eigenvalue weighted by Crippen LogP contribution is 2.25. The molecule has 4 nitrogen and oxygen atoms in total. The van der Waals surface area contributed by atoms with Gasteiger partial charge in [-0.25, -0.2) is 0 Å². The van der Waals surface area contributed by atoms with E-state index in [2.05, 4.69) is 77.1 Å². The molecule has 0 spiro atoms. The topological polar surface area (TPSA) is 26.8 Å². The summed E-state index contributed by atoms with van der Waals surface area (Å²) in [5.74, 6) is 0.153. The van der Waals surface area contributed by atoms with Crippen LogP contribution in [0.5, 0.6) is 0 Å². The van der Waals surface area contributed by atoms with Gasteiger partial charge in [-0.3, -0.25) is 9.69 Å². The third-order valence-corrected chi connectivity index (χ3v) is 5.56. The van der Waals surface area contributed by atoms with Gasteiger partial charge < -0.3 is 9.80 Å². The fourth-order valence-electron chi connectivity index (χ4n) is 3.57. The summed E-state index contributed by atoms with van der Waals surface area (Å²) in [4.78, 5) is 19.8. The van der Waals surface area contributed by atoms with Crippen molar-refractivity contribution in [1.82, 2.24) is 4.90 Å². The van der Waals surface area contributed by atoms with Crippen molar-refractivity contribution in [3.63, 3.8) is 0 Å². The van der Waals surface area contributed by atoms with E-state index in [4.69, 9.17) is 0 Å². The number of piperidine rings is 1. The Balaban J connectivity index is 1.91. The van der Waals surface area contributed by atoms with Crippen LogP contribution in [-0.2, 0) is 4.79 Å². The minimum Gasteiger partial charge on any atom is -0.378 e. The summed E-state index contributed by atoms with van der Waals surface area (Å²) in [6.07, 6.45) is 4.08. The van der Waals surface area contributed by atoms with Crippen molar-refractivity contribution in [2.45, 2.75) is 19.9 Å². The molecular weight excluding hydrogens is 370 g/mol. The average Bonchev–Trinajstić information content (AvgIpc) is 2.71. The zero-order valence-corrected chi connectivity index (χ0v) is 19.0. The van der Waals surface area contributed by atoms with Crippen molar-refractivity contribution in [1.29, 1.82) is 0 Å². The molecule has 0 atom stereocenters. The first-order chi connectivity index (χ1) is 14.2. The summed E-state index contributed by atoms with van der Waals surface area (Å²) in [5, 5.41) is 0. The standard InChI is InChI=1S/C26H33N3O/c1-19(2)29-17-22(15-20-7-11-24(12-8-20)27(3)4)26(30)23(18-29)16-21-9-13-25(14-10-21)28(5)6/h7-16,19H,17-18H2,1-6H3. The fourth-order valence-corrected chi connectivity index (χ4v) is 3.57. The number of hydrogen-bond donors (Lipinski definition) is 0. The number of anilines is 2. The number of hydrogen-bond acceptors (Lipinski definition) is 4. The maximum atomic E-state index is 13.3. The molecule has 4 heteroatoms. The molecule has 1 aliphatic heterocycles. The molecule has 0 N–H and O–H groups in total. The van der Waals surface area contributed by atoms with Crippen LogP contribution in [0.1, 0.15) is 25.0 Å². The van der Waals surface area contributed by atoms with Gasteiger partial charge in [0, 0.05) is 69.8 Å². The monoisotopic (exact) mass is 403 g/mol. The van der Waals surface area contributed by atoms with E-state index in [1.807, 2.05) is 40.3 Å². The summed E-state index contributed by atoms with van der Waals surface area (Å²) in [7, 11) is 8.11. The first-order valence-corrected chi connectivity index (χ1v) is 10.5. The van der Waals surface area contributed by atoms with Gasteiger partial charge >= 0.3 is 0 Å². The van der Waals surface area contributed by atoms with Gasteiger partial charge in [0.15, 0.2) is 5.78 Å². The second kappa shape index (κ2) is 9.31. The second-order valence-corrected chi connectivity index (χ2v) is 8.64. The lowest BCUT2D eigenvalue weighted by Crippen LogP contribution is -2.41. The molecule has 0 aromatic heterocycles. The molecule has 158 valence electrons. The highest BCUT2D eigenvalue weighted by atomic mass is 16.1. The lowest BCUT2D eigenvalue weighted by atomic mass is 9.93. The molecule has 0 bridgehead atoms. The van der Waals surface area contributed by atoms with Crippen LogP contribution in [0.3, 0.4) is 0 Å². The first kappa shape index (κ1) is 21.8. The van der Waals surface area contributed by atoms with Crippen molar-refractivity contribution in [2.75, 3.05) is 51.1 Å². The number of carbonyl (C=O) groups excluding carboxylic acids is 1.